The molecule has 150 valence electrons. The predicted molar refractivity (Wildman–Crippen MR) is 106 cm³/mol. The van der Waals surface area contributed by atoms with Crippen molar-refractivity contribution >= 4 is 33.5 Å². The van der Waals surface area contributed by atoms with Gasteiger partial charge in [0.15, 0.2) is 0 Å². The summed E-state index contributed by atoms with van der Waals surface area (Å²) in [6.07, 6.45) is 0.543. The van der Waals surface area contributed by atoms with Crippen LogP contribution in [0.4, 0.5) is 0 Å². The van der Waals surface area contributed by atoms with Crippen LogP contribution in [0.25, 0.3) is 0 Å². The average Bonchev–Trinajstić information content (AvgIpc) is 2.68. The lowest BCUT2D eigenvalue weighted by Crippen LogP contribution is -2.39. The highest BCUT2D eigenvalue weighted by atomic mass is 35.5. The Hall–Kier alpha value is -2.42. The third kappa shape index (κ3) is 5.79. The van der Waals surface area contributed by atoms with Crippen molar-refractivity contribution in [1.82, 2.24) is 9.62 Å². The summed E-state index contributed by atoms with van der Waals surface area (Å²) >= 11 is 5.77. The quantitative estimate of drug-likeness (QED) is 0.655. The number of hydrogen-bond acceptors (Lipinski definition) is 5. The normalized spacial score (nSPS) is 11.3. The molecule has 0 unspecified atom stereocenters. The van der Waals surface area contributed by atoms with Crippen LogP contribution < -0.4 is 5.32 Å². The summed E-state index contributed by atoms with van der Waals surface area (Å²) in [7, 11) is -1.12. The molecular formula is C19H21ClN2O5S. The van der Waals surface area contributed by atoms with Crippen molar-refractivity contribution in [2.45, 2.75) is 11.3 Å². The van der Waals surface area contributed by atoms with Gasteiger partial charge >= 0.3 is 5.97 Å². The molecule has 0 atom stereocenters. The van der Waals surface area contributed by atoms with Gasteiger partial charge in [-0.1, -0.05) is 23.7 Å². The fourth-order valence-corrected chi connectivity index (χ4v) is 3.65. The number of halogens is 1. The second kappa shape index (κ2) is 9.68. The van der Waals surface area contributed by atoms with Crippen LogP contribution in [0, 0.1) is 0 Å². The van der Waals surface area contributed by atoms with E-state index in [-0.39, 0.29) is 11.4 Å². The van der Waals surface area contributed by atoms with Gasteiger partial charge in [-0.25, -0.2) is 13.2 Å². The van der Waals surface area contributed by atoms with Crippen LogP contribution in [-0.2, 0) is 26.0 Å². The molecule has 0 radical (unpaired) electrons. The molecular weight excluding hydrogens is 404 g/mol. The number of carbonyl (C=O) groups is 2. The zero-order valence-electron chi connectivity index (χ0n) is 15.5. The molecule has 0 fully saturated rings. The largest absolute Gasteiger partial charge is 0.465 e. The minimum Gasteiger partial charge on any atom is -0.465 e. The second-order valence-electron chi connectivity index (χ2n) is 6.00. The Kier molecular flexibility index (Phi) is 7.56. The predicted octanol–water partition coefficient (Wildman–Crippen LogP) is 2.11. The Morgan fingerprint density at radius 1 is 1.07 bits per heavy atom. The van der Waals surface area contributed by atoms with Gasteiger partial charge in [0.05, 0.1) is 24.1 Å². The average molecular weight is 425 g/mol. The topological polar surface area (TPSA) is 92.8 Å². The maximum atomic E-state index is 12.5. The van der Waals surface area contributed by atoms with Crippen molar-refractivity contribution < 1.29 is 22.7 Å². The lowest BCUT2D eigenvalue weighted by molar-refractivity contribution is -0.121. The molecule has 0 aromatic heterocycles. The smallest absolute Gasteiger partial charge is 0.337 e. The summed E-state index contributed by atoms with van der Waals surface area (Å²) in [6.45, 7) is 0.0392. The first kappa shape index (κ1) is 21.9. The van der Waals surface area contributed by atoms with E-state index < -0.39 is 21.9 Å². The minimum atomic E-state index is -3.77. The van der Waals surface area contributed by atoms with Crippen molar-refractivity contribution in [3.05, 3.63) is 64.7 Å². The van der Waals surface area contributed by atoms with Crippen molar-refractivity contribution in [3.8, 4) is 0 Å². The highest BCUT2D eigenvalue weighted by Crippen LogP contribution is 2.17. The van der Waals surface area contributed by atoms with Crippen LogP contribution in [0.15, 0.2) is 53.4 Å². The molecule has 2 aromatic rings. The number of ether oxygens (including phenoxy) is 1. The Morgan fingerprint density at radius 2 is 1.68 bits per heavy atom. The van der Waals surface area contributed by atoms with Crippen LogP contribution in [0.1, 0.15) is 15.9 Å². The first-order chi connectivity index (χ1) is 13.2. The third-order valence-corrected chi connectivity index (χ3v) is 6.07. The molecule has 2 rings (SSSR count). The summed E-state index contributed by atoms with van der Waals surface area (Å²) in [5.41, 5.74) is 1.37. The van der Waals surface area contributed by atoms with Gasteiger partial charge in [-0.15, -0.1) is 0 Å². The van der Waals surface area contributed by atoms with Crippen LogP contribution in [0.2, 0.25) is 5.02 Å². The van der Waals surface area contributed by atoms with E-state index in [9.17, 15) is 18.0 Å². The summed E-state index contributed by atoms with van der Waals surface area (Å²) in [6, 6.07) is 12.6. The van der Waals surface area contributed by atoms with E-state index >= 15 is 0 Å². The number of likely N-dealkylation sites (N-methyl/N-ethyl adjacent to an activating group) is 1. The second-order valence-corrected chi connectivity index (χ2v) is 8.48. The van der Waals surface area contributed by atoms with E-state index in [1.807, 2.05) is 0 Å². The van der Waals surface area contributed by atoms with E-state index in [4.69, 9.17) is 11.6 Å². The third-order valence-electron chi connectivity index (χ3n) is 4.00. The molecule has 0 spiro atoms. The number of esters is 1. The van der Waals surface area contributed by atoms with Crippen LogP contribution in [0.5, 0.6) is 0 Å². The van der Waals surface area contributed by atoms with E-state index in [2.05, 4.69) is 10.1 Å². The highest BCUT2D eigenvalue weighted by Gasteiger charge is 2.22. The number of hydrogen-bond donors (Lipinski definition) is 1. The van der Waals surface area contributed by atoms with Gasteiger partial charge in [-0.2, -0.15) is 4.31 Å². The molecule has 0 heterocycles. The molecule has 1 N–H and O–H groups in total. The van der Waals surface area contributed by atoms with E-state index in [0.717, 1.165) is 9.87 Å². The van der Waals surface area contributed by atoms with Crippen molar-refractivity contribution in [3.63, 3.8) is 0 Å². The maximum absolute atomic E-state index is 12.5. The standard InChI is InChI=1S/C19H21ClN2O5S/c1-22(28(25,26)17-9-7-16(20)8-10-17)13-18(23)21-12-11-14-3-5-15(6-4-14)19(24)27-2/h3-10H,11-13H2,1-2H3,(H,21,23). The zero-order chi connectivity index (χ0) is 20.7. The Labute approximate surface area is 169 Å². The fourth-order valence-electron chi connectivity index (χ4n) is 2.40. The molecule has 7 nitrogen and oxygen atoms in total. The van der Waals surface area contributed by atoms with Gasteiger partial charge in [-0.05, 0) is 48.4 Å². The SMILES string of the molecule is COC(=O)c1ccc(CCNC(=O)CN(C)S(=O)(=O)c2ccc(Cl)cc2)cc1. The van der Waals surface area contributed by atoms with Gasteiger partial charge in [0.25, 0.3) is 0 Å². The maximum Gasteiger partial charge on any atom is 0.337 e. The fraction of sp³-hybridized carbons (Fsp3) is 0.263. The molecule has 0 aliphatic carbocycles. The van der Waals surface area contributed by atoms with E-state index in [0.29, 0.717) is 23.6 Å². The van der Waals surface area contributed by atoms with E-state index in [1.165, 1.54) is 38.4 Å². The van der Waals surface area contributed by atoms with Crippen LogP contribution in [-0.4, -0.2) is 51.8 Å². The Morgan fingerprint density at radius 3 is 2.25 bits per heavy atom. The summed E-state index contributed by atoms with van der Waals surface area (Å²) in [5, 5.41) is 3.12. The number of rotatable bonds is 8. The van der Waals surface area contributed by atoms with Crippen molar-refractivity contribution in [2.75, 3.05) is 27.2 Å². The first-order valence-electron chi connectivity index (χ1n) is 8.40. The highest BCUT2D eigenvalue weighted by molar-refractivity contribution is 7.89. The molecule has 0 bridgehead atoms. The van der Waals surface area contributed by atoms with E-state index in [1.54, 1.807) is 24.3 Å². The molecule has 2 aromatic carbocycles. The van der Waals surface area contributed by atoms with Crippen molar-refractivity contribution in [2.24, 2.45) is 0 Å². The molecule has 0 aliphatic rings. The number of sulfonamides is 1. The first-order valence-corrected chi connectivity index (χ1v) is 10.2. The van der Waals surface area contributed by atoms with Gasteiger partial charge < -0.3 is 10.1 Å². The van der Waals surface area contributed by atoms with Gasteiger partial charge in [0.2, 0.25) is 15.9 Å². The number of amides is 1. The van der Waals surface area contributed by atoms with Gasteiger partial charge in [-0.3, -0.25) is 4.79 Å². The monoisotopic (exact) mass is 424 g/mol. The van der Waals surface area contributed by atoms with Crippen molar-refractivity contribution in [1.29, 1.82) is 0 Å². The van der Waals surface area contributed by atoms with Gasteiger partial charge in [0.1, 0.15) is 0 Å². The molecule has 9 heteroatoms. The Bertz CT molecular complexity index is 928. The molecule has 1 amide bonds. The molecule has 0 aliphatic heterocycles. The number of carbonyl (C=O) groups excluding carboxylic acids is 2. The number of nitrogens with zero attached hydrogens (tertiary/aromatic N) is 1. The summed E-state index contributed by atoms with van der Waals surface area (Å²) in [5.74, 6) is -0.823. The lowest BCUT2D eigenvalue weighted by Gasteiger charge is -2.17. The summed E-state index contributed by atoms with van der Waals surface area (Å²) < 4.78 is 30.5. The number of benzene rings is 2. The Balaban J connectivity index is 1.84. The number of methoxy groups -OCH3 is 1. The zero-order valence-corrected chi connectivity index (χ0v) is 17.1. The summed E-state index contributed by atoms with van der Waals surface area (Å²) in [4.78, 5) is 23.5. The molecule has 0 saturated carbocycles. The molecule has 0 saturated heterocycles. The minimum absolute atomic E-state index is 0.0675. The van der Waals surface area contributed by atoms with Crippen LogP contribution >= 0.6 is 11.6 Å². The molecule has 28 heavy (non-hydrogen) atoms. The van der Waals surface area contributed by atoms with Gasteiger partial charge in [0, 0.05) is 18.6 Å². The lowest BCUT2D eigenvalue weighted by atomic mass is 10.1. The number of nitrogens with one attached hydrogen (secondary N) is 1. The van der Waals surface area contributed by atoms with Crippen LogP contribution in [0.3, 0.4) is 0 Å².